The summed E-state index contributed by atoms with van der Waals surface area (Å²) in [6.45, 7) is 0. The lowest BCUT2D eigenvalue weighted by atomic mass is 9.89. The average molecular weight is 418 g/mol. The predicted molar refractivity (Wildman–Crippen MR) is 108 cm³/mol. The van der Waals surface area contributed by atoms with E-state index in [4.69, 9.17) is 23.2 Å². The topological polar surface area (TPSA) is 66.4 Å². The Bertz CT molecular complexity index is 1040. The van der Waals surface area contributed by atoms with E-state index in [1.807, 2.05) is 12.1 Å². The number of carbonyl (C=O) groups is 2. The molecule has 0 fully saturated rings. The van der Waals surface area contributed by atoms with E-state index in [9.17, 15) is 14.7 Å². The van der Waals surface area contributed by atoms with Gasteiger partial charge in [-0.05, 0) is 35.4 Å². The number of aromatic carboxylic acids is 1. The molecule has 2 N–H and O–H groups in total. The van der Waals surface area contributed by atoms with E-state index >= 15 is 0 Å². The summed E-state index contributed by atoms with van der Waals surface area (Å²) in [5, 5.41) is 13.8. The Hall–Kier alpha value is -2.34. The van der Waals surface area contributed by atoms with Crippen LogP contribution in [0, 0.1) is 0 Å². The van der Waals surface area contributed by atoms with Crippen molar-refractivity contribution in [1.29, 1.82) is 0 Å². The first-order chi connectivity index (χ1) is 12.9. The molecule has 1 atom stereocenters. The Labute approximate surface area is 169 Å². The molecule has 1 aliphatic rings. The number of hydrogen-bond acceptors (Lipinski definition) is 3. The Kier molecular flexibility index (Phi) is 4.68. The first-order valence-electron chi connectivity index (χ1n) is 8.15. The summed E-state index contributed by atoms with van der Waals surface area (Å²) in [5.74, 6) is -1.38. The summed E-state index contributed by atoms with van der Waals surface area (Å²) in [4.78, 5) is 25.3. The maximum Gasteiger partial charge on any atom is 0.346 e. The van der Waals surface area contributed by atoms with Crippen molar-refractivity contribution in [2.24, 2.45) is 0 Å². The molecule has 3 aromatic rings. The van der Waals surface area contributed by atoms with Crippen LogP contribution in [-0.4, -0.2) is 17.0 Å². The van der Waals surface area contributed by atoms with Crippen LogP contribution in [0.2, 0.25) is 10.0 Å². The molecule has 1 aliphatic heterocycles. The molecule has 0 spiro atoms. The van der Waals surface area contributed by atoms with Crippen LogP contribution in [0.4, 0.5) is 5.69 Å². The van der Waals surface area contributed by atoms with Crippen molar-refractivity contribution < 1.29 is 14.7 Å². The average Bonchev–Trinajstić information content (AvgIpc) is 3.02. The van der Waals surface area contributed by atoms with Gasteiger partial charge in [0.25, 0.3) is 0 Å². The maximum atomic E-state index is 12.4. The zero-order valence-electron chi connectivity index (χ0n) is 13.8. The van der Waals surface area contributed by atoms with Gasteiger partial charge in [-0.15, -0.1) is 11.3 Å². The minimum atomic E-state index is -1.02. The number of halogens is 2. The van der Waals surface area contributed by atoms with Gasteiger partial charge in [0, 0.05) is 32.8 Å². The van der Waals surface area contributed by atoms with Gasteiger partial charge in [-0.1, -0.05) is 47.5 Å². The largest absolute Gasteiger partial charge is 0.477 e. The number of rotatable bonds is 3. The van der Waals surface area contributed by atoms with Crippen molar-refractivity contribution in [3.8, 4) is 11.1 Å². The highest BCUT2D eigenvalue weighted by Gasteiger charge is 2.34. The number of thiophene rings is 1. The van der Waals surface area contributed by atoms with Gasteiger partial charge in [-0.2, -0.15) is 0 Å². The number of nitrogens with one attached hydrogen (secondary N) is 1. The highest BCUT2D eigenvalue weighted by Crippen LogP contribution is 2.49. The van der Waals surface area contributed by atoms with E-state index in [1.165, 1.54) is 11.3 Å². The van der Waals surface area contributed by atoms with E-state index in [-0.39, 0.29) is 23.1 Å². The Balaban J connectivity index is 1.92. The lowest BCUT2D eigenvalue weighted by molar-refractivity contribution is -0.116. The van der Waals surface area contributed by atoms with Gasteiger partial charge in [0.2, 0.25) is 5.91 Å². The third-order valence-electron chi connectivity index (χ3n) is 4.51. The van der Waals surface area contributed by atoms with Gasteiger partial charge >= 0.3 is 5.97 Å². The number of carboxylic acid groups (broad SMARTS) is 1. The molecule has 2 heterocycles. The molecule has 0 radical (unpaired) electrons. The number of anilines is 1. The molecule has 0 bridgehead atoms. The first kappa shape index (κ1) is 18.0. The van der Waals surface area contributed by atoms with Crippen LogP contribution in [0.15, 0.2) is 48.5 Å². The number of hydrogen-bond donors (Lipinski definition) is 2. The minimum Gasteiger partial charge on any atom is -0.477 e. The van der Waals surface area contributed by atoms with Crippen molar-refractivity contribution in [2.75, 3.05) is 5.32 Å². The normalized spacial score (nSPS) is 15.9. The zero-order valence-corrected chi connectivity index (χ0v) is 16.2. The van der Waals surface area contributed by atoms with Gasteiger partial charge in [0.1, 0.15) is 4.88 Å². The fraction of sp³-hybridized carbons (Fsp3) is 0.100. The summed E-state index contributed by atoms with van der Waals surface area (Å²) in [5.41, 5.74) is 2.71. The van der Waals surface area contributed by atoms with E-state index in [0.29, 0.717) is 26.9 Å². The second-order valence-corrected chi connectivity index (χ2v) is 8.14. The second-order valence-electron chi connectivity index (χ2n) is 6.21. The molecule has 27 heavy (non-hydrogen) atoms. The quantitative estimate of drug-likeness (QED) is 0.557. The van der Waals surface area contributed by atoms with Crippen LogP contribution in [0.25, 0.3) is 11.1 Å². The summed E-state index contributed by atoms with van der Waals surface area (Å²) in [6, 6.07) is 14.2. The summed E-state index contributed by atoms with van der Waals surface area (Å²) in [7, 11) is 0. The fourth-order valence-corrected chi connectivity index (χ4v) is 4.79. The summed E-state index contributed by atoms with van der Waals surface area (Å²) in [6.07, 6.45) is 0.258. The molecule has 7 heteroatoms. The molecule has 1 amide bonds. The molecular formula is C20H13Cl2NO3S. The minimum absolute atomic E-state index is 0.146. The van der Waals surface area contributed by atoms with Crippen molar-refractivity contribution >= 4 is 52.1 Å². The third kappa shape index (κ3) is 3.34. The number of amides is 1. The number of benzene rings is 2. The molecule has 136 valence electrons. The second kappa shape index (κ2) is 7.00. The van der Waals surface area contributed by atoms with Gasteiger partial charge in [-0.25, -0.2) is 4.79 Å². The molecular weight excluding hydrogens is 405 g/mol. The van der Waals surface area contributed by atoms with E-state index < -0.39 is 5.97 Å². The molecule has 1 aromatic heterocycles. The third-order valence-corrected chi connectivity index (χ3v) is 6.30. The monoisotopic (exact) mass is 417 g/mol. The molecule has 0 saturated carbocycles. The smallest absolute Gasteiger partial charge is 0.346 e. The summed E-state index contributed by atoms with van der Waals surface area (Å²) >= 11 is 13.1. The maximum absolute atomic E-state index is 12.4. The lowest BCUT2D eigenvalue weighted by Gasteiger charge is -2.24. The van der Waals surface area contributed by atoms with Crippen LogP contribution in [0.1, 0.15) is 32.5 Å². The highest BCUT2D eigenvalue weighted by molar-refractivity contribution is 7.15. The lowest BCUT2D eigenvalue weighted by Crippen LogP contribution is -2.22. The van der Waals surface area contributed by atoms with Crippen molar-refractivity contribution in [3.05, 3.63) is 73.9 Å². The van der Waals surface area contributed by atoms with Crippen LogP contribution in [0.3, 0.4) is 0 Å². The molecule has 0 aliphatic carbocycles. The number of carboxylic acids is 1. The number of fused-ring (bicyclic) bond motifs is 1. The first-order valence-corrected chi connectivity index (χ1v) is 9.72. The molecule has 4 nitrogen and oxygen atoms in total. The number of carbonyl (C=O) groups excluding carboxylic acids is 1. The van der Waals surface area contributed by atoms with Crippen LogP contribution in [-0.2, 0) is 4.79 Å². The SMILES string of the molecule is O=C1CC(c2ccc(Cl)cc2)c2sc(C(=O)O)c(-c3ccc(Cl)cc3)c2N1. The van der Waals surface area contributed by atoms with Gasteiger partial charge in [0.05, 0.1) is 5.69 Å². The zero-order chi connectivity index (χ0) is 19.1. The van der Waals surface area contributed by atoms with Crippen molar-refractivity contribution in [2.45, 2.75) is 12.3 Å². The summed E-state index contributed by atoms with van der Waals surface area (Å²) < 4.78 is 0. The molecule has 1 unspecified atom stereocenters. The van der Waals surface area contributed by atoms with E-state index in [0.717, 1.165) is 10.4 Å². The van der Waals surface area contributed by atoms with Crippen molar-refractivity contribution in [1.82, 2.24) is 0 Å². The molecule has 2 aromatic carbocycles. The Morgan fingerprint density at radius 2 is 1.63 bits per heavy atom. The van der Waals surface area contributed by atoms with Gasteiger partial charge < -0.3 is 10.4 Å². The van der Waals surface area contributed by atoms with Crippen LogP contribution in [0.5, 0.6) is 0 Å². The highest BCUT2D eigenvalue weighted by atomic mass is 35.5. The van der Waals surface area contributed by atoms with Gasteiger partial charge in [-0.3, -0.25) is 4.79 Å². The van der Waals surface area contributed by atoms with Crippen LogP contribution >= 0.6 is 34.5 Å². The van der Waals surface area contributed by atoms with E-state index in [1.54, 1.807) is 36.4 Å². The van der Waals surface area contributed by atoms with Crippen molar-refractivity contribution in [3.63, 3.8) is 0 Å². The van der Waals surface area contributed by atoms with E-state index in [2.05, 4.69) is 5.32 Å². The Morgan fingerprint density at radius 1 is 1.04 bits per heavy atom. The molecule has 0 saturated heterocycles. The fourth-order valence-electron chi connectivity index (χ4n) is 3.29. The van der Waals surface area contributed by atoms with Crippen LogP contribution < -0.4 is 5.32 Å². The van der Waals surface area contributed by atoms with Gasteiger partial charge in [0.15, 0.2) is 0 Å². The molecule has 4 rings (SSSR count). The standard InChI is InChI=1S/C20H13Cl2NO3S/c21-12-5-1-10(2-6-12)14-9-15(24)23-17-16(11-3-7-13(22)8-4-11)19(20(25)26)27-18(14)17/h1-8,14H,9H2,(H,23,24)(H,25,26). The predicted octanol–water partition coefficient (Wildman–Crippen LogP) is 5.89. The Morgan fingerprint density at radius 3 is 2.22 bits per heavy atom.